The summed E-state index contributed by atoms with van der Waals surface area (Å²) >= 11 is 0. The number of carbonyl (C=O) groups is 7. The van der Waals surface area contributed by atoms with E-state index in [1.54, 1.807) is 58.0 Å². The zero-order chi connectivity index (χ0) is 42.8. The summed E-state index contributed by atoms with van der Waals surface area (Å²) in [6, 6.07) is 0.865. The highest BCUT2D eigenvalue weighted by atomic mass is 16.4. The minimum atomic E-state index is -1.66. The lowest BCUT2D eigenvalue weighted by molar-refractivity contribution is -0.144. The SMILES string of the molecule is CC(C)C[C@@H]1NC(=O)[C@H](Cc2ccccc2)N(C)C(=O)[C@@H](CCCN=C(N)N)NC(=O)[C@@H](CCCN=C(N)N)NC(=O)[C@H](C(C)C)NC(=O)[C@H](CC(=O)O)NC1=O. The van der Waals surface area contributed by atoms with E-state index in [0.29, 0.717) is 5.56 Å². The Hall–Kier alpha value is -5.95. The predicted molar refractivity (Wildman–Crippen MR) is 213 cm³/mol. The first-order valence-corrected chi connectivity index (χ1v) is 19.0. The van der Waals surface area contributed by atoms with Crippen molar-refractivity contribution in [1.82, 2.24) is 31.5 Å². The van der Waals surface area contributed by atoms with Crippen LogP contribution in [-0.4, -0.2) is 120 Å². The molecule has 57 heavy (non-hydrogen) atoms. The largest absolute Gasteiger partial charge is 0.481 e. The Bertz CT molecular complexity index is 1610. The van der Waals surface area contributed by atoms with Crippen LogP contribution in [0.25, 0.3) is 0 Å². The normalized spacial score (nSPS) is 23.0. The van der Waals surface area contributed by atoms with Crippen LogP contribution in [0.1, 0.15) is 71.8 Å². The van der Waals surface area contributed by atoms with E-state index in [1.165, 1.54) is 11.9 Å². The van der Waals surface area contributed by atoms with Gasteiger partial charge in [0.25, 0.3) is 0 Å². The quantitative estimate of drug-likeness (QED) is 0.0512. The number of aliphatic carboxylic acids is 1. The highest BCUT2D eigenvalue weighted by Crippen LogP contribution is 2.15. The summed E-state index contributed by atoms with van der Waals surface area (Å²) in [4.78, 5) is 105. The molecule has 1 heterocycles. The number of hydrogen-bond donors (Lipinski definition) is 10. The lowest BCUT2D eigenvalue weighted by atomic mass is 9.98. The van der Waals surface area contributed by atoms with Gasteiger partial charge in [0.05, 0.1) is 6.42 Å². The molecule has 0 aliphatic carbocycles. The Morgan fingerprint density at radius 3 is 1.72 bits per heavy atom. The number of rotatable bonds is 15. The highest BCUT2D eigenvalue weighted by Gasteiger charge is 2.38. The number of carboxylic acid groups (broad SMARTS) is 1. The standard InChI is InChI=1S/C37H60N12O8/c1-20(2)17-25-31(53)46-26(19-28(50)51)32(54)48-29(21(3)4)34(56)44-23(13-9-15-42-36(38)39)30(52)45-24(14-10-16-43-37(40)41)35(57)49(5)27(33(55)47-25)18-22-11-7-6-8-12-22/h6-8,11-12,20-21,23-27,29H,9-10,13-19H2,1-5H3,(H,44,56)(H,45,52)(H,46,53)(H,47,55)(H,48,54)(H,50,51)(H4,38,39,42)(H4,40,41,43)/t23-,24-,25+,26+,27+,29+/m1/s1. The van der Waals surface area contributed by atoms with E-state index in [9.17, 15) is 38.7 Å². The molecular weight excluding hydrogens is 740 g/mol. The van der Waals surface area contributed by atoms with Crippen molar-refractivity contribution in [2.75, 3.05) is 20.1 Å². The molecule has 6 atom stereocenters. The molecule has 0 saturated carbocycles. The Morgan fingerprint density at radius 2 is 1.19 bits per heavy atom. The molecule has 14 N–H and O–H groups in total. The molecule has 0 unspecified atom stereocenters. The van der Waals surface area contributed by atoms with Crippen LogP contribution in [0.5, 0.6) is 0 Å². The highest BCUT2D eigenvalue weighted by molar-refractivity contribution is 5.99. The topological polar surface area (TPSA) is 332 Å². The summed E-state index contributed by atoms with van der Waals surface area (Å²) < 4.78 is 0. The van der Waals surface area contributed by atoms with Crippen LogP contribution in [0.3, 0.4) is 0 Å². The summed E-state index contributed by atoms with van der Waals surface area (Å²) in [5.74, 6) is -7.25. The lowest BCUT2D eigenvalue weighted by Crippen LogP contribution is -2.62. The number of hydrogen-bond acceptors (Lipinski definition) is 9. The third-order valence-electron chi connectivity index (χ3n) is 9.13. The zero-order valence-corrected chi connectivity index (χ0v) is 33.3. The van der Waals surface area contributed by atoms with E-state index in [0.717, 1.165) is 0 Å². The lowest BCUT2D eigenvalue weighted by Gasteiger charge is -2.33. The number of guanidine groups is 2. The summed E-state index contributed by atoms with van der Waals surface area (Å²) in [7, 11) is 1.40. The summed E-state index contributed by atoms with van der Waals surface area (Å²) in [6.07, 6.45) is -0.305. The number of nitrogens with two attached hydrogens (primary N) is 4. The van der Waals surface area contributed by atoms with Gasteiger partial charge in [-0.3, -0.25) is 43.5 Å². The van der Waals surface area contributed by atoms with E-state index in [-0.39, 0.29) is 69.5 Å². The van der Waals surface area contributed by atoms with Gasteiger partial charge in [-0.25, -0.2) is 0 Å². The average molecular weight is 801 g/mol. The summed E-state index contributed by atoms with van der Waals surface area (Å²) in [5.41, 5.74) is 22.6. The fourth-order valence-electron chi connectivity index (χ4n) is 6.13. The van der Waals surface area contributed by atoms with Crippen LogP contribution in [0.15, 0.2) is 40.3 Å². The number of carboxylic acids is 1. The van der Waals surface area contributed by atoms with Gasteiger partial charge in [-0.15, -0.1) is 0 Å². The first-order valence-electron chi connectivity index (χ1n) is 19.0. The first kappa shape index (κ1) is 47.2. The Morgan fingerprint density at radius 1 is 0.702 bits per heavy atom. The minimum absolute atomic E-state index is 0.00368. The summed E-state index contributed by atoms with van der Waals surface area (Å²) in [5, 5.41) is 22.8. The number of likely N-dealkylation sites (N-methyl/N-ethyl adjacent to an activating group) is 1. The molecule has 0 radical (unpaired) electrons. The Kier molecular flexibility index (Phi) is 19.2. The maximum absolute atomic E-state index is 14.4. The number of aliphatic imine (C=N–C) groups is 2. The van der Waals surface area contributed by atoms with Crippen LogP contribution in [0.2, 0.25) is 0 Å². The van der Waals surface area contributed by atoms with Crippen molar-refractivity contribution in [3.63, 3.8) is 0 Å². The fourth-order valence-corrected chi connectivity index (χ4v) is 6.13. The maximum atomic E-state index is 14.4. The molecule has 6 amide bonds. The van der Waals surface area contributed by atoms with E-state index in [1.807, 2.05) is 0 Å². The van der Waals surface area contributed by atoms with Crippen LogP contribution >= 0.6 is 0 Å². The monoisotopic (exact) mass is 800 g/mol. The number of nitrogens with zero attached hydrogens (tertiary/aromatic N) is 3. The molecule has 1 saturated heterocycles. The third kappa shape index (κ3) is 16.4. The molecule has 1 aromatic carbocycles. The number of amides is 6. The van der Waals surface area contributed by atoms with Gasteiger partial charge in [0.15, 0.2) is 11.9 Å². The van der Waals surface area contributed by atoms with Crippen molar-refractivity contribution in [1.29, 1.82) is 0 Å². The van der Waals surface area contributed by atoms with Crippen LogP contribution in [0, 0.1) is 11.8 Å². The molecule has 20 heteroatoms. The van der Waals surface area contributed by atoms with Gasteiger partial charge in [0.2, 0.25) is 35.4 Å². The van der Waals surface area contributed by atoms with E-state index in [4.69, 9.17) is 22.9 Å². The predicted octanol–water partition coefficient (Wildman–Crippen LogP) is -2.22. The van der Waals surface area contributed by atoms with Gasteiger partial charge in [0, 0.05) is 26.6 Å². The minimum Gasteiger partial charge on any atom is -0.481 e. The van der Waals surface area contributed by atoms with Crippen molar-refractivity contribution in [2.24, 2.45) is 44.8 Å². The number of nitrogens with one attached hydrogen (secondary N) is 5. The molecule has 1 aliphatic heterocycles. The zero-order valence-electron chi connectivity index (χ0n) is 33.3. The van der Waals surface area contributed by atoms with Crippen molar-refractivity contribution in [2.45, 2.75) is 109 Å². The van der Waals surface area contributed by atoms with Gasteiger partial charge in [-0.05, 0) is 49.5 Å². The molecular formula is C37H60N12O8. The second-order valence-corrected chi connectivity index (χ2v) is 14.8. The molecule has 0 spiro atoms. The van der Waals surface area contributed by atoms with E-state index < -0.39 is 90.0 Å². The number of benzene rings is 1. The van der Waals surface area contributed by atoms with Crippen molar-refractivity contribution >= 4 is 53.3 Å². The molecule has 1 aromatic rings. The van der Waals surface area contributed by atoms with Gasteiger partial charge in [-0.1, -0.05) is 58.0 Å². The maximum Gasteiger partial charge on any atom is 0.305 e. The van der Waals surface area contributed by atoms with Crippen molar-refractivity contribution in [3.05, 3.63) is 35.9 Å². The van der Waals surface area contributed by atoms with Crippen LogP contribution in [-0.2, 0) is 40.0 Å². The van der Waals surface area contributed by atoms with Gasteiger partial charge in [-0.2, -0.15) is 0 Å². The molecule has 316 valence electrons. The van der Waals surface area contributed by atoms with Crippen molar-refractivity contribution < 1.29 is 38.7 Å². The summed E-state index contributed by atoms with van der Waals surface area (Å²) in [6.45, 7) is 7.06. The van der Waals surface area contributed by atoms with E-state index >= 15 is 0 Å². The van der Waals surface area contributed by atoms with Gasteiger partial charge >= 0.3 is 5.97 Å². The first-order chi connectivity index (χ1) is 26.8. The second kappa shape index (κ2) is 23.2. The molecule has 1 aliphatic rings. The van der Waals surface area contributed by atoms with Crippen LogP contribution in [0.4, 0.5) is 0 Å². The van der Waals surface area contributed by atoms with Crippen LogP contribution < -0.4 is 49.5 Å². The molecule has 1 fully saturated rings. The van der Waals surface area contributed by atoms with Crippen molar-refractivity contribution in [3.8, 4) is 0 Å². The van der Waals surface area contributed by atoms with Gasteiger partial charge in [0.1, 0.15) is 36.3 Å². The Labute approximate surface area is 332 Å². The molecule has 0 aromatic heterocycles. The van der Waals surface area contributed by atoms with E-state index in [2.05, 4.69) is 36.6 Å². The molecule has 0 bridgehead atoms. The van der Waals surface area contributed by atoms with Gasteiger partial charge < -0.3 is 59.5 Å². The Balaban J connectivity index is 2.77. The third-order valence-corrected chi connectivity index (χ3v) is 9.13. The molecule has 20 nitrogen and oxygen atoms in total. The fraction of sp³-hybridized carbons (Fsp3) is 0.595. The smallest absolute Gasteiger partial charge is 0.305 e. The number of carbonyl (C=O) groups excluding carboxylic acids is 6. The average Bonchev–Trinajstić information content (AvgIpc) is 3.13. The molecule has 2 rings (SSSR count). The second-order valence-electron chi connectivity index (χ2n) is 14.8.